The Labute approximate surface area is 301 Å². The lowest BCUT2D eigenvalue weighted by Gasteiger charge is -2.34. The molecule has 52 heavy (non-hydrogen) atoms. The van der Waals surface area contributed by atoms with Gasteiger partial charge in [0.05, 0.1) is 32.2 Å². The van der Waals surface area contributed by atoms with Crippen molar-refractivity contribution in [2.24, 2.45) is 9.98 Å². The third-order valence-electron chi connectivity index (χ3n) is 8.45. The van der Waals surface area contributed by atoms with Gasteiger partial charge in [-0.25, -0.2) is 19.8 Å². The number of aliphatic imine (C=N–C) groups is 2. The first-order chi connectivity index (χ1) is 25.0. The average molecular weight is 714 g/mol. The molecule has 0 saturated carbocycles. The zero-order chi connectivity index (χ0) is 36.8. The van der Waals surface area contributed by atoms with Gasteiger partial charge in [0, 0.05) is 62.8 Å². The Morgan fingerprint density at radius 1 is 0.962 bits per heavy atom. The lowest BCUT2D eigenvalue weighted by atomic mass is 10.1. The fraction of sp³-hybridized carbons (Fsp3) is 0.417. The Balaban J connectivity index is 1.01. The van der Waals surface area contributed by atoms with E-state index < -0.39 is 17.6 Å². The summed E-state index contributed by atoms with van der Waals surface area (Å²) in [6, 6.07) is 10.8. The van der Waals surface area contributed by atoms with Crippen LogP contribution in [0.3, 0.4) is 0 Å². The zero-order valence-electron chi connectivity index (χ0n) is 29.8. The number of carbonyl (C=O) groups excluding carboxylic acids is 3. The van der Waals surface area contributed by atoms with Crippen molar-refractivity contribution < 1.29 is 33.3 Å². The highest BCUT2D eigenvalue weighted by molar-refractivity contribution is 6.20. The number of nitrogens with two attached hydrogens (primary N) is 1. The summed E-state index contributed by atoms with van der Waals surface area (Å²) in [5.41, 5.74) is 7.09. The van der Waals surface area contributed by atoms with Gasteiger partial charge in [-0.3, -0.25) is 29.7 Å². The quantitative estimate of drug-likeness (QED) is 0.232. The molecule has 1 saturated heterocycles. The second kappa shape index (κ2) is 15.6. The molecule has 0 bridgehead atoms. The summed E-state index contributed by atoms with van der Waals surface area (Å²) < 4.78 is 23.1. The summed E-state index contributed by atoms with van der Waals surface area (Å²) in [5, 5.41) is 2.85. The van der Waals surface area contributed by atoms with E-state index in [-0.39, 0.29) is 23.9 Å². The molecule has 1 aromatic heterocycles. The normalized spacial score (nSPS) is 15.5. The molecule has 3 N–H and O–H groups in total. The Morgan fingerprint density at radius 3 is 2.44 bits per heavy atom. The van der Waals surface area contributed by atoms with Crippen LogP contribution in [0.25, 0.3) is 0 Å². The first-order valence-corrected chi connectivity index (χ1v) is 17.1. The van der Waals surface area contributed by atoms with Gasteiger partial charge in [0.15, 0.2) is 11.5 Å². The molecule has 0 unspecified atom stereocenters. The van der Waals surface area contributed by atoms with E-state index in [0.29, 0.717) is 86.2 Å². The highest BCUT2D eigenvalue weighted by Crippen LogP contribution is 2.43. The van der Waals surface area contributed by atoms with E-state index in [1.54, 1.807) is 36.3 Å². The van der Waals surface area contributed by atoms with E-state index in [1.807, 2.05) is 37.8 Å². The molecule has 16 nitrogen and oxygen atoms in total. The number of para-hydroxylation sites is 1. The second-order valence-corrected chi connectivity index (χ2v) is 13.3. The fourth-order valence-corrected chi connectivity index (χ4v) is 6.00. The van der Waals surface area contributed by atoms with Gasteiger partial charge < -0.3 is 29.6 Å². The number of amidine groups is 1. The van der Waals surface area contributed by atoms with Gasteiger partial charge in [0.1, 0.15) is 22.9 Å². The smallest absolute Gasteiger partial charge is 0.415 e. The van der Waals surface area contributed by atoms with Crippen molar-refractivity contribution in [3.05, 3.63) is 65.5 Å². The lowest BCUT2D eigenvalue weighted by Crippen LogP contribution is -2.49. The lowest BCUT2D eigenvalue weighted by molar-refractivity contribution is -0.153. The van der Waals surface area contributed by atoms with Crippen LogP contribution in [-0.4, -0.2) is 120 Å². The van der Waals surface area contributed by atoms with Gasteiger partial charge in [-0.05, 0) is 45.4 Å². The maximum atomic E-state index is 13.0. The van der Waals surface area contributed by atoms with Crippen molar-refractivity contribution in [3.8, 4) is 17.2 Å². The Kier molecular flexibility index (Phi) is 10.8. The third kappa shape index (κ3) is 8.57. The van der Waals surface area contributed by atoms with Crippen LogP contribution in [0.2, 0.25) is 0 Å². The Bertz CT molecular complexity index is 1870. The van der Waals surface area contributed by atoms with Crippen LogP contribution < -0.4 is 25.3 Å². The number of guanidine groups is 1. The van der Waals surface area contributed by atoms with E-state index >= 15 is 0 Å². The highest BCUT2D eigenvalue weighted by Gasteiger charge is 2.33. The molecule has 274 valence electrons. The van der Waals surface area contributed by atoms with Crippen LogP contribution in [0.1, 0.15) is 48.7 Å². The number of nitrogens with one attached hydrogen (secondary N) is 1. The number of aromatic nitrogens is 2. The van der Waals surface area contributed by atoms with Crippen molar-refractivity contribution in [3.63, 3.8) is 0 Å². The number of piperazine rings is 1. The monoisotopic (exact) mass is 713 g/mol. The Morgan fingerprint density at radius 2 is 1.71 bits per heavy atom. The van der Waals surface area contributed by atoms with E-state index in [4.69, 9.17) is 29.7 Å². The number of nitrogen functional groups attached to an aromatic ring is 1. The largest absolute Gasteiger partial charge is 0.491 e. The third-order valence-corrected chi connectivity index (χ3v) is 8.45. The standard InChI is InChI=1S/C36H43N9O7/c1-36(2,3)52-28(46)20-23-8-5-6-9-26(23)51-35(48)44-17-15-43(16-18-44)13-7-19-50-27-11-10-25-29(30(27)49-4)41-34(45-14-12-38-31(25)45)42-32(47)24-21-39-33(37)40-22-24/h5-6,8-11,21-22H,7,12-20H2,1-4H3,(H2,37,39,40)(H,41,42,47). The number of hydrogen-bond donors (Lipinski definition) is 2. The molecular weight excluding hydrogens is 670 g/mol. The van der Waals surface area contributed by atoms with Gasteiger partial charge in [-0.15, -0.1) is 0 Å². The van der Waals surface area contributed by atoms with Gasteiger partial charge >= 0.3 is 12.1 Å². The molecule has 0 radical (unpaired) electrons. The number of benzene rings is 2. The highest BCUT2D eigenvalue weighted by atomic mass is 16.6. The predicted molar refractivity (Wildman–Crippen MR) is 192 cm³/mol. The SMILES string of the molecule is COc1c(OCCCN2CCN(C(=O)Oc3ccccc3CC(=O)OC(C)(C)C)CC2)ccc2c1N=C(NC(=O)c1cnc(N)nc1)N1CCN=C21. The fourth-order valence-electron chi connectivity index (χ4n) is 6.00. The number of hydrogen-bond acceptors (Lipinski definition) is 14. The van der Waals surface area contributed by atoms with E-state index in [9.17, 15) is 14.4 Å². The van der Waals surface area contributed by atoms with Crippen LogP contribution in [0.4, 0.5) is 16.4 Å². The second-order valence-electron chi connectivity index (χ2n) is 13.3. The minimum absolute atomic E-state index is 0.00968. The summed E-state index contributed by atoms with van der Waals surface area (Å²) in [7, 11) is 1.55. The van der Waals surface area contributed by atoms with Crippen LogP contribution >= 0.6 is 0 Å². The van der Waals surface area contributed by atoms with Crippen LogP contribution in [0, 0.1) is 0 Å². The molecule has 0 aliphatic carbocycles. The summed E-state index contributed by atoms with van der Waals surface area (Å²) in [5.74, 6) is 1.57. The van der Waals surface area contributed by atoms with E-state index in [0.717, 1.165) is 18.5 Å². The minimum atomic E-state index is -0.603. The maximum absolute atomic E-state index is 13.0. The molecule has 3 aromatic rings. The number of ether oxygens (including phenoxy) is 4. The average Bonchev–Trinajstić information content (AvgIpc) is 3.61. The van der Waals surface area contributed by atoms with Gasteiger partial charge in [0.25, 0.3) is 5.91 Å². The molecule has 3 aliphatic rings. The zero-order valence-corrected chi connectivity index (χ0v) is 29.8. The molecule has 1 fully saturated rings. The molecule has 0 spiro atoms. The van der Waals surface area contributed by atoms with Crippen molar-refractivity contribution in [1.82, 2.24) is 30.0 Å². The number of carbonyl (C=O) groups is 3. The number of fused-ring (bicyclic) bond motifs is 3. The maximum Gasteiger partial charge on any atom is 0.415 e. The molecule has 16 heteroatoms. The Hall–Kier alpha value is -5.77. The predicted octanol–water partition coefficient (Wildman–Crippen LogP) is 3.03. The van der Waals surface area contributed by atoms with Crippen molar-refractivity contribution >= 4 is 41.4 Å². The molecule has 3 aliphatic heterocycles. The minimum Gasteiger partial charge on any atom is -0.491 e. The van der Waals surface area contributed by atoms with Gasteiger partial charge in [-0.1, -0.05) is 18.2 Å². The number of anilines is 1. The van der Waals surface area contributed by atoms with Crippen LogP contribution in [-0.2, 0) is 16.0 Å². The number of esters is 1. The first-order valence-electron chi connectivity index (χ1n) is 17.1. The van der Waals surface area contributed by atoms with Crippen molar-refractivity contribution in [2.75, 3.05) is 65.3 Å². The van der Waals surface area contributed by atoms with Gasteiger partial charge in [-0.2, -0.15) is 0 Å². The molecule has 6 rings (SSSR count). The van der Waals surface area contributed by atoms with Crippen molar-refractivity contribution in [1.29, 1.82) is 0 Å². The number of rotatable bonds is 10. The number of nitrogens with zero attached hydrogens (tertiary/aromatic N) is 7. The summed E-state index contributed by atoms with van der Waals surface area (Å²) in [6.45, 7) is 10.1. The molecule has 0 atom stereocenters. The number of methoxy groups -OCH3 is 1. The molecular formula is C36H43N9O7. The van der Waals surface area contributed by atoms with E-state index in [2.05, 4.69) is 25.2 Å². The van der Waals surface area contributed by atoms with E-state index in [1.165, 1.54) is 12.4 Å². The number of amides is 2. The molecule has 4 heterocycles. The first kappa shape index (κ1) is 36.0. The van der Waals surface area contributed by atoms with Gasteiger partial charge in [0.2, 0.25) is 11.9 Å². The summed E-state index contributed by atoms with van der Waals surface area (Å²) >= 11 is 0. The molecule has 2 aromatic carbocycles. The van der Waals surface area contributed by atoms with Crippen LogP contribution in [0.5, 0.6) is 17.2 Å². The summed E-state index contributed by atoms with van der Waals surface area (Å²) in [6.07, 6.45) is 3.00. The van der Waals surface area contributed by atoms with Crippen molar-refractivity contribution in [2.45, 2.75) is 39.2 Å². The molecule has 2 amide bonds. The van der Waals surface area contributed by atoms with Crippen LogP contribution in [0.15, 0.2) is 58.8 Å². The topological polar surface area (TPSA) is 186 Å². The summed E-state index contributed by atoms with van der Waals surface area (Å²) in [4.78, 5) is 61.4.